The fraction of sp³-hybridized carbons (Fsp3) is 0.316. The normalized spacial score (nSPS) is 21.6. The smallest absolute Gasteiger partial charge is 0.270 e. The zero-order valence-corrected chi connectivity index (χ0v) is 15.4. The number of fused-ring (bicyclic) bond motifs is 1. The van der Waals surface area contributed by atoms with Gasteiger partial charge >= 0.3 is 0 Å². The van der Waals surface area contributed by atoms with Crippen LogP contribution in [0.1, 0.15) is 22.1 Å². The molecule has 0 N–H and O–H groups in total. The van der Waals surface area contributed by atoms with Gasteiger partial charge in [0.25, 0.3) is 15.9 Å². The molecule has 7 heteroatoms. The number of piperazine rings is 1. The van der Waals surface area contributed by atoms with Crippen LogP contribution in [0.4, 0.5) is 0 Å². The van der Waals surface area contributed by atoms with Crippen LogP contribution in [-0.2, 0) is 10.0 Å². The second kappa shape index (κ2) is 6.50. The van der Waals surface area contributed by atoms with Gasteiger partial charge in [0.05, 0.1) is 5.56 Å². The molecule has 2 aromatic carbocycles. The molecule has 0 aromatic heterocycles. The van der Waals surface area contributed by atoms with Crippen LogP contribution in [0.5, 0.6) is 0 Å². The molecule has 1 amide bonds. The lowest BCUT2D eigenvalue weighted by atomic mass is 10.1. The minimum Gasteiger partial charge on any atom is -0.304 e. The maximum Gasteiger partial charge on any atom is 0.270 e. The lowest BCUT2D eigenvalue weighted by molar-refractivity contribution is 0.0430. The predicted octanol–water partition coefficient (Wildman–Crippen LogP) is 1.78. The summed E-state index contributed by atoms with van der Waals surface area (Å²) >= 11 is 0. The molecule has 0 aliphatic carbocycles. The van der Waals surface area contributed by atoms with Gasteiger partial charge in [0.15, 0.2) is 0 Å². The maximum absolute atomic E-state index is 13.2. The van der Waals surface area contributed by atoms with Gasteiger partial charge in [-0.1, -0.05) is 42.5 Å². The van der Waals surface area contributed by atoms with Crippen molar-refractivity contribution in [3.8, 4) is 0 Å². The van der Waals surface area contributed by atoms with Crippen molar-refractivity contribution in [2.45, 2.75) is 11.1 Å². The quantitative estimate of drug-likeness (QED) is 0.823. The number of carbonyl (C=O) groups is 1. The molecule has 1 saturated heterocycles. The Labute approximate surface area is 153 Å². The summed E-state index contributed by atoms with van der Waals surface area (Å²) in [5.41, 5.74) is 1.06. The van der Waals surface area contributed by atoms with E-state index in [4.69, 9.17) is 0 Å². The van der Waals surface area contributed by atoms with E-state index >= 15 is 0 Å². The van der Waals surface area contributed by atoms with Gasteiger partial charge in [0.1, 0.15) is 11.1 Å². The van der Waals surface area contributed by atoms with E-state index < -0.39 is 22.1 Å². The summed E-state index contributed by atoms with van der Waals surface area (Å²) in [6.45, 7) is 3.06. The Balaban J connectivity index is 1.81. The molecule has 2 heterocycles. The molecular weight excluding hydrogens is 350 g/mol. The summed E-state index contributed by atoms with van der Waals surface area (Å²) in [6, 6.07) is 15.8. The first-order chi connectivity index (χ1) is 12.5. The Hall–Kier alpha value is -2.22. The van der Waals surface area contributed by atoms with Crippen LogP contribution < -0.4 is 0 Å². The first kappa shape index (κ1) is 17.2. The van der Waals surface area contributed by atoms with E-state index in [2.05, 4.69) is 9.80 Å². The van der Waals surface area contributed by atoms with Crippen molar-refractivity contribution in [2.75, 3.05) is 33.2 Å². The molecule has 26 heavy (non-hydrogen) atoms. The highest BCUT2D eigenvalue weighted by Gasteiger charge is 2.47. The van der Waals surface area contributed by atoms with Crippen LogP contribution in [0.25, 0.3) is 0 Å². The molecule has 2 aliphatic rings. The zero-order chi connectivity index (χ0) is 18.3. The van der Waals surface area contributed by atoms with Crippen molar-refractivity contribution >= 4 is 15.9 Å². The molecule has 0 spiro atoms. The van der Waals surface area contributed by atoms with Crippen molar-refractivity contribution in [3.05, 3.63) is 65.7 Å². The van der Waals surface area contributed by atoms with Crippen molar-refractivity contribution in [1.82, 2.24) is 14.1 Å². The van der Waals surface area contributed by atoms with Crippen LogP contribution >= 0.6 is 0 Å². The Morgan fingerprint density at radius 2 is 1.50 bits per heavy atom. The zero-order valence-electron chi connectivity index (χ0n) is 14.6. The number of benzene rings is 2. The van der Waals surface area contributed by atoms with Gasteiger partial charge in [-0.2, -0.15) is 0 Å². The number of hydrogen-bond donors (Lipinski definition) is 0. The van der Waals surface area contributed by atoms with Gasteiger partial charge in [0.2, 0.25) is 0 Å². The van der Waals surface area contributed by atoms with Crippen LogP contribution in [0, 0.1) is 0 Å². The number of hydrogen-bond acceptors (Lipinski definition) is 5. The first-order valence-electron chi connectivity index (χ1n) is 8.65. The van der Waals surface area contributed by atoms with Gasteiger partial charge in [-0.15, -0.1) is 0 Å². The number of carbonyl (C=O) groups excluding carboxylic acids is 1. The molecule has 4 rings (SSSR count). The van der Waals surface area contributed by atoms with Crippen molar-refractivity contribution < 1.29 is 13.2 Å². The van der Waals surface area contributed by atoms with Crippen LogP contribution in [0.3, 0.4) is 0 Å². The van der Waals surface area contributed by atoms with Gasteiger partial charge < -0.3 is 4.90 Å². The standard InChI is InChI=1S/C19H21N3O3S/c1-20-11-13-21(14-12-20)18(15-7-3-2-4-8-15)22-19(23)16-9-5-6-10-17(16)26(22,24)25/h2-10,18H,11-14H2,1H3. The van der Waals surface area contributed by atoms with E-state index in [0.29, 0.717) is 13.1 Å². The highest BCUT2D eigenvalue weighted by atomic mass is 32.2. The monoisotopic (exact) mass is 371 g/mol. The summed E-state index contributed by atoms with van der Waals surface area (Å²) in [4.78, 5) is 17.4. The molecule has 2 aromatic rings. The van der Waals surface area contributed by atoms with Gasteiger partial charge in [-0.3, -0.25) is 9.69 Å². The summed E-state index contributed by atoms with van der Waals surface area (Å²) < 4.78 is 27.4. The third-order valence-corrected chi connectivity index (χ3v) is 6.85. The van der Waals surface area contributed by atoms with E-state index in [0.717, 1.165) is 23.0 Å². The van der Waals surface area contributed by atoms with Gasteiger partial charge in [-0.05, 0) is 24.7 Å². The fourth-order valence-corrected chi connectivity index (χ4v) is 5.36. The van der Waals surface area contributed by atoms with E-state index in [9.17, 15) is 13.2 Å². The Morgan fingerprint density at radius 1 is 0.885 bits per heavy atom. The van der Waals surface area contributed by atoms with Crippen molar-refractivity contribution in [3.63, 3.8) is 0 Å². The second-order valence-electron chi connectivity index (χ2n) is 6.73. The SMILES string of the molecule is CN1CCN(C(c2ccccc2)N2C(=O)c3ccccc3S2(=O)=O)CC1. The highest BCUT2D eigenvalue weighted by molar-refractivity contribution is 7.90. The number of nitrogens with zero attached hydrogens (tertiary/aromatic N) is 3. The van der Waals surface area contributed by atoms with E-state index in [1.54, 1.807) is 18.2 Å². The molecule has 6 nitrogen and oxygen atoms in total. The average molecular weight is 371 g/mol. The molecule has 0 saturated carbocycles. The van der Waals surface area contributed by atoms with Gasteiger partial charge in [0, 0.05) is 26.2 Å². The topological polar surface area (TPSA) is 60.9 Å². The Kier molecular flexibility index (Phi) is 4.30. The molecule has 1 fully saturated rings. The molecular formula is C19H21N3O3S. The molecule has 2 aliphatic heterocycles. The third kappa shape index (κ3) is 2.72. The third-order valence-electron chi connectivity index (χ3n) is 5.06. The minimum absolute atomic E-state index is 0.0973. The van der Waals surface area contributed by atoms with Crippen LogP contribution in [0.15, 0.2) is 59.5 Å². The van der Waals surface area contributed by atoms with Crippen molar-refractivity contribution in [2.24, 2.45) is 0 Å². The van der Waals surface area contributed by atoms with E-state index in [1.165, 1.54) is 6.07 Å². The average Bonchev–Trinajstić information content (AvgIpc) is 2.86. The number of rotatable bonds is 3. The Bertz CT molecular complexity index is 922. The number of sulfonamides is 1. The number of amides is 1. The Morgan fingerprint density at radius 3 is 2.15 bits per heavy atom. The summed E-state index contributed by atoms with van der Waals surface area (Å²) in [5, 5.41) is 0. The molecule has 0 radical (unpaired) electrons. The van der Waals surface area contributed by atoms with Crippen LogP contribution in [0.2, 0.25) is 0 Å². The molecule has 0 bridgehead atoms. The summed E-state index contributed by atoms with van der Waals surface area (Å²) in [7, 11) is -1.83. The maximum atomic E-state index is 13.2. The summed E-state index contributed by atoms with van der Waals surface area (Å²) in [5.74, 6) is -0.451. The van der Waals surface area contributed by atoms with Crippen molar-refractivity contribution in [1.29, 1.82) is 0 Å². The molecule has 1 unspecified atom stereocenters. The second-order valence-corrected chi connectivity index (χ2v) is 8.51. The van der Waals surface area contributed by atoms with Crippen LogP contribution in [-0.4, -0.2) is 61.7 Å². The largest absolute Gasteiger partial charge is 0.304 e. The van der Waals surface area contributed by atoms with E-state index in [-0.39, 0.29) is 10.5 Å². The molecule has 1 atom stereocenters. The predicted molar refractivity (Wildman–Crippen MR) is 98.1 cm³/mol. The highest BCUT2D eigenvalue weighted by Crippen LogP contribution is 2.38. The first-order valence-corrected chi connectivity index (χ1v) is 10.1. The lowest BCUT2D eigenvalue weighted by Crippen LogP contribution is -2.51. The minimum atomic E-state index is -3.88. The summed E-state index contributed by atoms with van der Waals surface area (Å²) in [6.07, 6.45) is -0.630. The number of likely N-dealkylation sites (N-methyl/N-ethyl adjacent to an activating group) is 1. The van der Waals surface area contributed by atoms with E-state index in [1.807, 2.05) is 37.4 Å². The van der Waals surface area contributed by atoms with Gasteiger partial charge in [-0.25, -0.2) is 12.7 Å². The lowest BCUT2D eigenvalue weighted by Gasteiger charge is -2.41. The molecule has 136 valence electrons. The fourth-order valence-electron chi connectivity index (χ4n) is 3.63.